The number of fused-ring (bicyclic) bond motifs is 1. The standard InChI is InChI=1S/C24H22N2O/c1-17-12-14-18(15-13-17)23(21-16-25-22-11-7-6-10-20(21)22)26(2)24(27)19-8-4-3-5-9-19/h3-16,23,25H,1-2H3/t23-/m0/s1. The zero-order valence-electron chi connectivity index (χ0n) is 15.5. The van der Waals surface area contributed by atoms with Crippen molar-refractivity contribution in [2.24, 2.45) is 0 Å². The van der Waals surface area contributed by atoms with E-state index in [-0.39, 0.29) is 11.9 Å². The van der Waals surface area contributed by atoms with Crippen molar-refractivity contribution in [2.45, 2.75) is 13.0 Å². The van der Waals surface area contributed by atoms with E-state index >= 15 is 0 Å². The highest BCUT2D eigenvalue weighted by atomic mass is 16.2. The molecule has 1 heterocycles. The predicted octanol–water partition coefficient (Wildman–Crippen LogP) is 5.34. The Balaban J connectivity index is 1.83. The fraction of sp³-hybridized carbons (Fsp3) is 0.125. The first-order valence-electron chi connectivity index (χ1n) is 9.10. The molecule has 3 heteroatoms. The number of nitrogens with zero attached hydrogens (tertiary/aromatic N) is 1. The molecule has 4 rings (SSSR count). The van der Waals surface area contributed by atoms with E-state index in [2.05, 4.69) is 48.3 Å². The predicted molar refractivity (Wildman–Crippen MR) is 110 cm³/mol. The molecule has 1 atom stereocenters. The number of benzene rings is 3. The summed E-state index contributed by atoms with van der Waals surface area (Å²) in [6.45, 7) is 2.07. The third-order valence-corrected chi connectivity index (χ3v) is 5.04. The summed E-state index contributed by atoms with van der Waals surface area (Å²) >= 11 is 0. The Morgan fingerprint density at radius 2 is 1.56 bits per heavy atom. The van der Waals surface area contributed by atoms with Gasteiger partial charge in [-0.25, -0.2) is 0 Å². The Bertz CT molecular complexity index is 1060. The molecule has 0 aliphatic carbocycles. The van der Waals surface area contributed by atoms with Gasteiger partial charge >= 0.3 is 0 Å². The number of para-hydroxylation sites is 1. The number of nitrogens with one attached hydrogen (secondary N) is 1. The summed E-state index contributed by atoms with van der Waals surface area (Å²) < 4.78 is 0. The largest absolute Gasteiger partial charge is 0.361 e. The number of hydrogen-bond acceptors (Lipinski definition) is 1. The van der Waals surface area contributed by atoms with Crippen LogP contribution in [0.25, 0.3) is 10.9 Å². The maximum Gasteiger partial charge on any atom is 0.254 e. The summed E-state index contributed by atoms with van der Waals surface area (Å²) in [5.74, 6) is 0.00598. The van der Waals surface area contributed by atoms with E-state index in [9.17, 15) is 4.79 Å². The van der Waals surface area contributed by atoms with Crippen LogP contribution in [0.5, 0.6) is 0 Å². The van der Waals surface area contributed by atoms with Gasteiger partial charge in [0.25, 0.3) is 5.91 Å². The van der Waals surface area contributed by atoms with Crippen LogP contribution >= 0.6 is 0 Å². The van der Waals surface area contributed by atoms with Gasteiger partial charge < -0.3 is 9.88 Å². The minimum Gasteiger partial charge on any atom is -0.361 e. The van der Waals surface area contributed by atoms with Gasteiger partial charge in [-0.05, 0) is 30.7 Å². The molecule has 3 nitrogen and oxygen atoms in total. The van der Waals surface area contributed by atoms with Crippen molar-refractivity contribution in [1.29, 1.82) is 0 Å². The van der Waals surface area contributed by atoms with Crippen LogP contribution in [-0.2, 0) is 0 Å². The van der Waals surface area contributed by atoms with E-state index in [0.29, 0.717) is 5.56 Å². The number of hydrogen-bond donors (Lipinski definition) is 1. The van der Waals surface area contributed by atoms with Crippen molar-refractivity contribution in [1.82, 2.24) is 9.88 Å². The number of carbonyl (C=O) groups is 1. The normalized spacial score (nSPS) is 12.1. The summed E-state index contributed by atoms with van der Waals surface area (Å²) in [6.07, 6.45) is 2.02. The van der Waals surface area contributed by atoms with Gasteiger partial charge in [0.15, 0.2) is 0 Å². The maximum atomic E-state index is 13.2. The second-order valence-corrected chi connectivity index (χ2v) is 6.88. The van der Waals surface area contributed by atoms with Gasteiger partial charge in [0.1, 0.15) is 0 Å². The summed E-state index contributed by atoms with van der Waals surface area (Å²) in [4.78, 5) is 18.3. The van der Waals surface area contributed by atoms with Gasteiger partial charge in [-0.1, -0.05) is 66.2 Å². The Morgan fingerprint density at radius 1 is 0.889 bits per heavy atom. The molecule has 1 N–H and O–H groups in total. The van der Waals surface area contributed by atoms with Gasteiger partial charge in [-0.3, -0.25) is 4.79 Å². The van der Waals surface area contributed by atoms with Crippen LogP contribution in [0.4, 0.5) is 0 Å². The highest BCUT2D eigenvalue weighted by Gasteiger charge is 2.26. The van der Waals surface area contributed by atoms with Crippen molar-refractivity contribution in [3.63, 3.8) is 0 Å². The fourth-order valence-electron chi connectivity index (χ4n) is 3.58. The van der Waals surface area contributed by atoms with Crippen molar-refractivity contribution in [2.75, 3.05) is 7.05 Å². The molecule has 1 aromatic heterocycles. The lowest BCUT2D eigenvalue weighted by atomic mass is 9.95. The van der Waals surface area contributed by atoms with Crippen LogP contribution in [0.3, 0.4) is 0 Å². The van der Waals surface area contributed by atoms with Crippen LogP contribution in [0.2, 0.25) is 0 Å². The molecule has 0 radical (unpaired) electrons. The number of carbonyl (C=O) groups excluding carboxylic acids is 1. The number of H-pyrrole nitrogens is 1. The molecule has 0 saturated heterocycles. The lowest BCUT2D eigenvalue weighted by Gasteiger charge is -2.29. The van der Waals surface area contributed by atoms with E-state index in [1.165, 1.54) is 5.56 Å². The van der Waals surface area contributed by atoms with E-state index in [0.717, 1.165) is 22.0 Å². The highest BCUT2D eigenvalue weighted by Crippen LogP contribution is 2.34. The van der Waals surface area contributed by atoms with E-state index in [1.807, 2.05) is 60.6 Å². The van der Waals surface area contributed by atoms with Gasteiger partial charge in [-0.15, -0.1) is 0 Å². The average Bonchev–Trinajstić information content (AvgIpc) is 3.13. The molecule has 0 saturated carbocycles. The number of aromatic amines is 1. The third-order valence-electron chi connectivity index (χ3n) is 5.04. The second-order valence-electron chi connectivity index (χ2n) is 6.88. The zero-order chi connectivity index (χ0) is 18.8. The molecule has 0 fully saturated rings. The smallest absolute Gasteiger partial charge is 0.254 e. The molecule has 0 bridgehead atoms. The molecule has 134 valence electrons. The van der Waals surface area contributed by atoms with Crippen LogP contribution in [-0.4, -0.2) is 22.8 Å². The number of amides is 1. The van der Waals surface area contributed by atoms with Crippen LogP contribution < -0.4 is 0 Å². The Kier molecular flexibility index (Phi) is 4.51. The number of aryl methyl sites for hydroxylation is 1. The lowest BCUT2D eigenvalue weighted by molar-refractivity contribution is 0.0756. The van der Waals surface area contributed by atoms with Crippen molar-refractivity contribution in [3.05, 3.63) is 107 Å². The third kappa shape index (κ3) is 3.24. The maximum absolute atomic E-state index is 13.2. The molecule has 0 unspecified atom stereocenters. The van der Waals surface area contributed by atoms with E-state index < -0.39 is 0 Å². The van der Waals surface area contributed by atoms with Crippen LogP contribution in [0.15, 0.2) is 85.1 Å². The number of rotatable bonds is 4. The molecule has 4 aromatic rings. The van der Waals surface area contributed by atoms with Crippen molar-refractivity contribution < 1.29 is 4.79 Å². The molecule has 1 amide bonds. The summed E-state index contributed by atoms with van der Waals surface area (Å²) in [6, 6.07) is 25.9. The average molecular weight is 354 g/mol. The first kappa shape index (κ1) is 17.1. The Labute approximate surface area is 159 Å². The van der Waals surface area contributed by atoms with Gasteiger partial charge in [0.05, 0.1) is 6.04 Å². The van der Waals surface area contributed by atoms with Crippen LogP contribution in [0, 0.1) is 6.92 Å². The van der Waals surface area contributed by atoms with E-state index in [4.69, 9.17) is 0 Å². The SMILES string of the molecule is Cc1ccc([C@@H](c2c[nH]c3ccccc23)N(C)C(=O)c2ccccc2)cc1. The minimum atomic E-state index is -0.172. The first-order chi connectivity index (χ1) is 13.1. The van der Waals surface area contributed by atoms with Gasteiger partial charge in [0, 0.05) is 35.3 Å². The molecule has 27 heavy (non-hydrogen) atoms. The molecule has 3 aromatic carbocycles. The monoisotopic (exact) mass is 354 g/mol. The summed E-state index contributed by atoms with van der Waals surface area (Å²) in [7, 11) is 1.88. The van der Waals surface area contributed by atoms with Gasteiger partial charge in [0.2, 0.25) is 0 Å². The topological polar surface area (TPSA) is 36.1 Å². The number of aromatic nitrogens is 1. The minimum absolute atomic E-state index is 0.00598. The second kappa shape index (κ2) is 7.12. The zero-order valence-corrected chi connectivity index (χ0v) is 15.5. The Morgan fingerprint density at radius 3 is 2.30 bits per heavy atom. The lowest BCUT2D eigenvalue weighted by Crippen LogP contribution is -2.31. The summed E-state index contributed by atoms with van der Waals surface area (Å²) in [5.41, 5.74) is 5.16. The van der Waals surface area contributed by atoms with Crippen molar-refractivity contribution in [3.8, 4) is 0 Å². The summed E-state index contributed by atoms with van der Waals surface area (Å²) in [5, 5.41) is 1.13. The Hall–Kier alpha value is -3.33. The molecule has 0 aliphatic heterocycles. The molecular weight excluding hydrogens is 332 g/mol. The molecule has 0 spiro atoms. The highest BCUT2D eigenvalue weighted by molar-refractivity contribution is 5.95. The van der Waals surface area contributed by atoms with Crippen LogP contribution in [0.1, 0.15) is 33.1 Å². The first-order valence-corrected chi connectivity index (χ1v) is 9.10. The molecular formula is C24H22N2O. The fourth-order valence-corrected chi connectivity index (χ4v) is 3.58. The molecule has 0 aliphatic rings. The van der Waals surface area contributed by atoms with Gasteiger partial charge in [-0.2, -0.15) is 0 Å². The van der Waals surface area contributed by atoms with E-state index in [1.54, 1.807) is 0 Å². The van der Waals surface area contributed by atoms with Crippen molar-refractivity contribution >= 4 is 16.8 Å². The quantitative estimate of drug-likeness (QED) is 0.528.